The maximum Gasteiger partial charge on any atom is 0.404 e. The highest BCUT2D eigenvalue weighted by Crippen LogP contribution is 2.13. The van der Waals surface area contributed by atoms with Gasteiger partial charge in [-0.3, -0.25) is 0 Å². The molecular formula is C13H16N2O5S. The molecule has 1 amide bonds. The van der Waals surface area contributed by atoms with Gasteiger partial charge in [0.05, 0.1) is 11.5 Å². The number of sulfonamides is 1. The lowest BCUT2D eigenvalue weighted by Crippen LogP contribution is -2.29. The molecule has 4 N–H and O–H groups in total. The summed E-state index contributed by atoms with van der Waals surface area (Å²) < 4.78 is 31.0. The van der Waals surface area contributed by atoms with E-state index in [9.17, 15) is 13.2 Å². The number of amides is 1. The third kappa shape index (κ3) is 5.83. The van der Waals surface area contributed by atoms with Gasteiger partial charge in [-0.25, -0.2) is 17.9 Å². The SMILES string of the molecule is NC(=O)OCCNS(=O)(=O)c1ccccc1C#CCCO. The summed E-state index contributed by atoms with van der Waals surface area (Å²) in [6.45, 7) is -0.346. The van der Waals surface area contributed by atoms with Crippen molar-refractivity contribution in [3.05, 3.63) is 29.8 Å². The van der Waals surface area contributed by atoms with E-state index in [2.05, 4.69) is 21.3 Å². The van der Waals surface area contributed by atoms with E-state index in [-0.39, 0.29) is 31.1 Å². The number of carbonyl (C=O) groups is 1. The van der Waals surface area contributed by atoms with Gasteiger partial charge in [0.15, 0.2) is 0 Å². The van der Waals surface area contributed by atoms with Gasteiger partial charge in [0, 0.05) is 18.5 Å². The van der Waals surface area contributed by atoms with Crippen molar-refractivity contribution >= 4 is 16.1 Å². The second kappa shape index (κ2) is 8.26. The van der Waals surface area contributed by atoms with Crippen LogP contribution in [0.2, 0.25) is 0 Å². The zero-order valence-electron chi connectivity index (χ0n) is 11.2. The molecule has 0 radical (unpaired) electrons. The Labute approximate surface area is 123 Å². The Hall–Kier alpha value is -2.08. The molecule has 0 saturated heterocycles. The zero-order valence-corrected chi connectivity index (χ0v) is 12.0. The van der Waals surface area contributed by atoms with Crippen molar-refractivity contribution in [2.24, 2.45) is 5.73 Å². The van der Waals surface area contributed by atoms with Crippen LogP contribution in [0, 0.1) is 11.8 Å². The number of ether oxygens (including phenoxy) is 1. The van der Waals surface area contributed by atoms with Gasteiger partial charge in [0.25, 0.3) is 0 Å². The summed E-state index contributed by atoms with van der Waals surface area (Å²) in [4.78, 5) is 10.4. The lowest BCUT2D eigenvalue weighted by Gasteiger charge is -2.08. The molecule has 0 aliphatic carbocycles. The van der Waals surface area contributed by atoms with Crippen LogP contribution in [0.1, 0.15) is 12.0 Å². The molecule has 114 valence electrons. The third-order valence-corrected chi connectivity index (χ3v) is 3.79. The summed E-state index contributed by atoms with van der Waals surface area (Å²) in [5.74, 6) is 5.36. The molecule has 0 atom stereocenters. The van der Waals surface area contributed by atoms with E-state index in [0.717, 1.165) is 0 Å². The number of aliphatic hydroxyl groups is 1. The number of nitrogens with one attached hydrogen (secondary N) is 1. The quantitative estimate of drug-likeness (QED) is 0.496. The minimum Gasteiger partial charge on any atom is -0.448 e. The lowest BCUT2D eigenvalue weighted by molar-refractivity contribution is 0.159. The zero-order chi connectivity index (χ0) is 15.7. The summed E-state index contributed by atoms with van der Waals surface area (Å²) in [6, 6.07) is 6.23. The van der Waals surface area contributed by atoms with E-state index >= 15 is 0 Å². The molecule has 1 aromatic carbocycles. The fourth-order valence-electron chi connectivity index (χ4n) is 1.42. The Kier molecular flexibility index (Phi) is 6.68. The molecule has 0 aliphatic heterocycles. The number of benzene rings is 1. The van der Waals surface area contributed by atoms with E-state index < -0.39 is 16.1 Å². The molecule has 0 aromatic heterocycles. The van der Waals surface area contributed by atoms with Crippen molar-refractivity contribution in [2.45, 2.75) is 11.3 Å². The van der Waals surface area contributed by atoms with Gasteiger partial charge in [-0.1, -0.05) is 24.0 Å². The predicted octanol–water partition coefficient (Wildman–Crippen LogP) is -0.206. The van der Waals surface area contributed by atoms with Gasteiger partial charge in [0.1, 0.15) is 6.61 Å². The van der Waals surface area contributed by atoms with Crippen LogP contribution in [0.5, 0.6) is 0 Å². The number of nitrogens with two attached hydrogens (primary N) is 1. The van der Waals surface area contributed by atoms with E-state index in [1.54, 1.807) is 18.2 Å². The first-order chi connectivity index (χ1) is 9.97. The van der Waals surface area contributed by atoms with Gasteiger partial charge in [0.2, 0.25) is 10.0 Å². The summed E-state index contributed by atoms with van der Waals surface area (Å²) in [5.41, 5.74) is 5.10. The summed E-state index contributed by atoms with van der Waals surface area (Å²) in [7, 11) is -3.77. The molecule has 0 aliphatic rings. The topological polar surface area (TPSA) is 119 Å². The molecule has 0 heterocycles. The van der Waals surface area contributed by atoms with Gasteiger partial charge < -0.3 is 15.6 Å². The van der Waals surface area contributed by atoms with Crippen LogP contribution in [0.15, 0.2) is 29.2 Å². The Morgan fingerprint density at radius 1 is 1.38 bits per heavy atom. The number of primary amides is 1. The standard InChI is InChI=1S/C13H16N2O5S/c14-13(17)20-10-8-15-21(18,19)12-7-2-1-5-11(12)6-3-4-9-16/h1-2,5,7,15-16H,4,8-10H2,(H2,14,17). The molecule has 0 spiro atoms. The fourth-order valence-corrected chi connectivity index (χ4v) is 2.60. The number of aliphatic hydroxyl groups excluding tert-OH is 1. The van der Waals surface area contributed by atoms with Crippen LogP contribution in [-0.2, 0) is 14.8 Å². The Morgan fingerprint density at radius 2 is 2.10 bits per heavy atom. The number of hydrogen-bond donors (Lipinski definition) is 3. The van der Waals surface area contributed by atoms with Crippen molar-refractivity contribution in [3.8, 4) is 11.8 Å². The van der Waals surface area contributed by atoms with Crippen molar-refractivity contribution in [1.29, 1.82) is 0 Å². The van der Waals surface area contributed by atoms with Crippen LogP contribution in [0.4, 0.5) is 4.79 Å². The maximum absolute atomic E-state index is 12.1. The minimum absolute atomic E-state index is 0.0227. The highest BCUT2D eigenvalue weighted by atomic mass is 32.2. The monoisotopic (exact) mass is 312 g/mol. The Morgan fingerprint density at radius 3 is 2.76 bits per heavy atom. The van der Waals surface area contributed by atoms with E-state index in [0.29, 0.717) is 5.56 Å². The van der Waals surface area contributed by atoms with Crippen LogP contribution in [0.25, 0.3) is 0 Å². The largest absolute Gasteiger partial charge is 0.448 e. The number of rotatable bonds is 6. The first kappa shape index (κ1) is 17.0. The van der Waals surface area contributed by atoms with Gasteiger partial charge in [-0.15, -0.1) is 0 Å². The van der Waals surface area contributed by atoms with Crippen LogP contribution >= 0.6 is 0 Å². The van der Waals surface area contributed by atoms with Crippen molar-refractivity contribution < 1.29 is 23.1 Å². The Bertz CT molecular complexity index is 646. The van der Waals surface area contributed by atoms with E-state index in [1.807, 2.05) is 0 Å². The smallest absolute Gasteiger partial charge is 0.404 e. The summed E-state index contributed by atoms with van der Waals surface area (Å²) in [6.07, 6.45) is -0.710. The molecule has 1 rings (SSSR count). The van der Waals surface area contributed by atoms with Crippen molar-refractivity contribution in [3.63, 3.8) is 0 Å². The van der Waals surface area contributed by atoms with Gasteiger partial charge >= 0.3 is 6.09 Å². The van der Waals surface area contributed by atoms with Gasteiger partial charge in [-0.2, -0.15) is 0 Å². The minimum atomic E-state index is -3.77. The molecule has 8 heteroatoms. The normalized spacial score (nSPS) is 10.5. The second-order valence-corrected chi connectivity index (χ2v) is 5.57. The fraction of sp³-hybridized carbons (Fsp3) is 0.308. The highest BCUT2D eigenvalue weighted by Gasteiger charge is 2.16. The van der Waals surface area contributed by atoms with Crippen LogP contribution < -0.4 is 10.5 Å². The maximum atomic E-state index is 12.1. The summed E-state index contributed by atoms with van der Waals surface area (Å²) in [5, 5.41) is 8.68. The predicted molar refractivity (Wildman–Crippen MR) is 75.7 cm³/mol. The molecule has 1 aromatic rings. The molecule has 21 heavy (non-hydrogen) atoms. The van der Waals surface area contributed by atoms with Crippen molar-refractivity contribution in [2.75, 3.05) is 19.8 Å². The first-order valence-corrected chi connectivity index (χ1v) is 7.56. The third-order valence-electron chi connectivity index (χ3n) is 2.27. The molecule has 0 unspecified atom stereocenters. The molecule has 7 nitrogen and oxygen atoms in total. The average Bonchev–Trinajstić information content (AvgIpc) is 2.44. The first-order valence-electron chi connectivity index (χ1n) is 6.08. The highest BCUT2D eigenvalue weighted by molar-refractivity contribution is 7.89. The molecule has 0 saturated carbocycles. The van der Waals surface area contributed by atoms with Crippen LogP contribution in [-0.4, -0.2) is 39.4 Å². The number of hydrogen-bond acceptors (Lipinski definition) is 5. The molecule has 0 bridgehead atoms. The van der Waals surface area contributed by atoms with Gasteiger partial charge in [-0.05, 0) is 12.1 Å². The van der Waals surface area contributed by atoms with Crippen LogP contribution in [0.3, 0.4) is 0 Å². The Balaban J connectivity index is 2.83. The van der Waals surface area contributed by atoms with E-state index in [1.165, 1.54) is 6.07 Å². The summed E-state index contributed by atoms with van der Waals surface area (Å²) >= 11 is 0. The van der Waals surface area contributed by atoms with Crippen molar-refractivity contribution in [1.82, 2.24) is 4.72 Å². The second-order valence-electron chi connectivity index (χ2n) is 3.84. The molecule has 0 fully saturated rings. The lowest BCUT2D eigenvalue weighted by atomic mass is 10.2. The number of carbonyl (C=O) groups excluding carboxylic acids is 1. The van der Waals surface area contributed by atoms with E-state index in [4.69, 9.17) is 10.8 Å². The average molecular weight is 312 g/mol. The molecular weight excluding hydrogens is 296 g/mol.